The van der Waals surface area contributed by atoms with Crippen LogP contribution in [0.2, 0.25) is 0 Å². The van der Waals surface area contributed by atoms with Gasteiger partial charge in [-0.3, -0.25) is 4.79 Å². The van der Waals surface area contributed by atoms with Crippen LogP contribution in [0.1, 0.15) is 40.5 Å². The predicted octanol–water partition coefficient (Wildman–Crippen LogP) is 1.44. The molecule has 3 N–H and O–H groups in total. The van der Waals surface area contributed by atoms with Crippen LogP contribution in [-0.2, 0) is 14.3 Å². The molecule has 0 saturated heterocycles. The van der Waals surface area contributed by atoms with Gasteiger partial charge in [0.25, 0.3) is 0 Å². The van der Waals surface area contributed by atoms with Crippen molar-refractivity contribution < 1.29 is 24.2 Å². The lowest BCUT2D eigenvalue weighted by atomic mass is 10.1. The molecule has 1 atom stereocenters. The highest BCUT2D eigenvalue weighted by Gasteiger charge is 2.23. The van der Waals surface area contributed by atoms with E-state index in [1.54, 1.807) is 27.7 Å². The lowest BCUT2D eigenvalue weighted by Crippen LogP contribution is -2.46. The maximum atomic E-state index is 11.5. The molecule has 0 aromatic carbocycles. The maximum Gasteiger partial charge on any atom is 0.326 e. The standard InChI is InChI=1S/C14H24N2O5/c1-9(2)8-15-13(20)16-10(12(18)19)6-7-11(17)21-14(3,4)5/h10H,1,6-8H2,2-5H3,(H,18,19)(H2,15,16,20)/t10-/m1/s1. The fraction of sp³-hybridized carbons (Fsp3) is 0.643. The van der Waals surface area contributed by atoms with Gasteiger partial charge in [0.05, 0.1) is 0 Å². The van der Waals surface area contributed by atoms with Crippen LogP contribution in [0.15, 0.2) is 12.2 Å². The average Bonchev–Trinajstić information content (AvgIpc) is 2.29. The van der Waals surface area contributed by atoms with E-state index >= 15 is 0 Å². The van der Waals surface area contributed by atoms with Crippen LogP contribution in [-0.4, -0.2) is 41.3 Å². The van der Waals surface area contributed by atoms with Crippen molar-refractivity contribution in [3.8, 4) is 0 Å². The Kier molecular flexibility index (Phi) is 7.48. The Morgan fingerprint density at radius 2 is 1.86 bits per heavy atom. The molecule has 0 aromatic heterocycles. The number of aliphatic carboxylic acids is 1. The first kappa shape index (κ1) is 18.9. The zero-order valence-corrected chi connectivity index (χ0v) is 13.0. The monoisotopic (exact) mass is 300 g/mol. The molecular formula is C14H24N2O5. The average molecular weight is 300 g/mol. The van der Waals surface area contributed by atoms with Gasteiger partial charge in [0.2, 0.25) is 0 Å². The van der Waals surface area contributed by atoms with Gasteiger partial charge in [-0.05, 0) is 34.1 Å². The van der Waals surface area contributed by atoms with Crippen molar-refractivity contribution in [3.63, 3.8) is 0 Å². The Bertz CT molecular complexity index is 412. The molecule has 120 valence electrons. The van der Waals surface area contributed by atoms with Gasteiger partial charge in [-0.2, -0.15) is 0 Å². The molecule has 0 fully saturated rings. The Hall–Kier alpha value is -2.05. The van der Waals surface area contributed by atoms with E-state index in [0.29, 0.717) is 0 Å². The van der Waals surface area contributed by atoms with Crippen molar-refractivity contribution in [2.24, 2.45) is 0 Å². The molecule has 0 aliphatic carbocycles. The number of ether oxygens (including phenoxy) is 1. The first-order valence-corrected chi connectivity index (χ1v) is 6.64. The summed E-state index contributed by atoms with van der Waals surface area (Å²) in [6, 6.07) is -1.77. The number of carbonyl (C=O) groups excluding carboxylic acids is 2. The third-order valence-corrected chi connectivity index (χ3v) is 2.21. The highest BCUT2D eigenvalue weighted by Crippen LogP contribution is 2.10. The summed E-state index contributed by atoms with van der Waals surface area (Å²) in [5.41, 5.74) is 0.119. The van der Waals surface area contributed by atoms with E-state index in [9.17, 15) is 14.4 Å². The molecule has 0 rings (SSSR count). The van der Waals surface area contributed by atoms with E-state index < -0.39 is 29.6 Å². The van der Waals surface area contributed by atoms with Crippen LogP contribution in [0.5, 0.6) is 0 Å². The van der Waals surface area contributed by atoms with E-state index in [1.807, 2.05) is 0 Å². The summed E-state index contributed by atoms with van der Waals surface area (Å²) >= 11 is 0. The van der Waals surface area contributed by atoms with E-state index in [1.165, 1.54) is 0 Å². The summed E-state index contributed by atoms with van der Waals surface area (Å²) in [7, 11) is 0. The van der Waals surface area contributed by atoms with Crippen LogP contribution in [0.4, 0.5) is 4.79 Å². The van der Waals surface area contributed by atoms with Crippen molar-refractivity contribution in [3.05, 3.63) is 12.2 Å². The van der Waals surface area contributed by atoms with Crippen LogP contribution < -0.4 is 10.6 Å². The number of hydrogen-bond acceptors (Lipinski definition) is 4. The van der Waals surface area contributed by atoms with Crippen molar-refractivity contribution in [2.75, 3.05) is 6.54 Å². The van der Waals surface area contributed by atoms with Crippen molar-refractivity contribution >= 4 is 18.0 Å². The summed E-state index contributed by atoms with van der Waals surface area (Å²) in [5.74, 6) is -1.71. The van der Waals surface area contributed by atoms with Gasteiger partial charge in [0.1, 0.15) is 11.6 Å². The van der Waals surface area contributed by atoms with Crippen LogP contribution in [0, 0.1) is 0 Å². The van der Waals surface area contributed by atoms with Gasteiger partial charge in [-0.1, -0.05) is 12.2 Å². The normalized spacial score (nSPS) is 12.2. The summed E-state index contributed by atoms with van der Waals surface area (Å²) in [4.78, 5) is 34.1. The fourth-order valence-corrected chi connectivity index (χ4v) is 1.35. The predicted molar refractivity (Wildman–Crippen MR) is 77.9 cm³/mol. The third-order valence-electron chi connectivity index (χ3n) is 2.21. The minimum absolute atomic E-state index is 0.0370. The van der Waals surface area contributed by atoms with E-state index in [2.05, 4.69) is 17.2 Å². The summed E-state index contributed by atoms with van der Waals surface area (Å²) < 4.78 is 5.08. The summed E-state index contributed by atoms with van der Waals surface area (Å²) in [6.45, 7) is 10.8. The van der Waals surface area contributed by atoms with Gasteiger partial charge in [0.15, 0.2) is 0 Å². The van der Waals surface area contributed by atoms with Crippen molar-refractivity contribution in [2.45, 2.75) is 52.2 Å². The van der Waals surface area contributed by atoms with Crippen LogP contribution >= 0.6 is 0 Å². The molecule has 7 heteroatoms. The Morgan fingerprint density at radius 1 is 1.29 bits per heavy atom. The van der Waals surface area contributed by atoms with Crippen molar-refractivity contribution in [1.29, 1.82) is 0 Å². The Balaban J connectivity index is 4.32. The number of urea groups is 1. The smallest absolute Gasteiger partial charge is 0.326 e. The number of amides is 2. The van der Waals surface area contributed by atoms with Gasteiger partial charge in [-0.15, -0.1) is 0 Å². The Labute approximate surface area is 124 Å². The molecule has 7 nitrogen and oxygen atoms in total. The van der Waals surface area contributed by atoms with Gasteiger partial charge < -0.3 is 20.5 Å². The molecule has 2 amide bonds. The number of carboxylic acid groups (broad SMARTS) is 1. The SMILES string of the molecule is C=C(C)CNC(=O)N[C@H](CCC(=O)OC(C)(C)C)C(=O)O. The minimum Gasteiger partial charge on any atom is -0.480 e. The zero-order chi connectivity index (χ0) is 16.6. The number of rotatable bonds is 7. The first-order chi connectivity index (χ1) is 9.51. The largest absolute Gasteiger partial charge is 0.480 e. The molecule has 0 heterocycles. The summed E-state index contributed by atoms with van der Waals surface area (Å²) in [5, 5.41) is 13.8. The number of nitrogens with one attached hydrogen (secondary N) is 2. The number of carbonyl (C=O) groups is 3. The zero-order valence-electron chi connectivity index (χ0n) is 13.0. The van der Waals surface area contributed by atoms with Gasteiger partial charge in [0, 0.05) is 13.0 Å². The molecule has 0 aliphatic rings. The maximum absolute atomic E-state index is 11.5. The molecule has 0 bridgehead atoms. The molecule has 0 radical (unpaired) electrons. The molecule has 0 aromatic rings. The first-order valence-electron chi connectivity index (χ1n) is 6.64. The summed E-state index contributed by atoms with van der Waals surface area (Å²) in [6.07, 6.45) is -0.125. The van der Waals surface area contributed by atoms with Crippen molar-refractivity contribution in [1.82, 2.24) is 10.6 Å². The lowest BCUT2D eigenvalue weighted by Gasteiger charge is -2.20. The third kappa shape index (κ3) is 10.4. The van der Waals surface area contributed by atoms with E-state index in [-0.39, 0.29) is 19.4 Å². The van der Waals surface area contributed by atoms with E-state index in [4.69, 9.17) is 9.84 Å². The molecular weight excluding hydrogens is 276 g/mol. The highest BCUT2D eigenvalue weighted by atomic mass is 16.6. The quantitative estimate of drug-likeness (QED) is 0.487. The minimum atomic E-state index is -1.20. The van der Waals surface area contributed by atoms with Crippen LogP contribution in [0.25, 0.3) is 0 Å². The lowest BCUT2D eigenvalue weighted by molar-refractivity contribution is -0.155. The fourth-order valence-electron chi connectivity index (χ4n) is 1.35. The van der Waals surface area contributed by atoms with E-state index in [0.717, 1.165) is 5.57 Å². The molecule has 0 aliphatic heterocycles. The number of esters is 1. The van der Waals surface area contributed by atoms with Gasteiger partial charge in [-0.25, -0.2) is 9.59 Å². The molecule has 0 unspecified atom stereocenters. The molecule has 0 spiro atoms. The van der Waals surface area contributed by atoms with Gasteiger partial charge >= 0.3 is 18.0 Å². The second-order valence-corrected chi connectivity index (χ2v) is 5.80. The highest BCUT2D eigenvalue weighted by molar-refractivity contribution is 5.83. The number of hydrogen-bond donors (Lipinski definition) is 3. The molecule has 0 saturated carbocycles. The topological polar surface area (TPSA) is 105 Å². The second kappa shape index (κ2) is 8.28. The number of carboxylic acids is 1. The second-order valence-electron chi connectivity index (χ2n) is 5.80. The Morgan fingerprint density at radius 3 is 2.29 bits per heavy atom. The molecule has 21 heavy (non-hydrogen) atoms. The van der Waals surface area contributed by atoms with Crippen LogP contribution in [0.3, 0.4) is 0 Å².